The van der Waals surface area contributed by atoms with E-state index in [0.29, 0.717) is 5.92 Å². The maximum atomic E-state index is 9.32. The van der Waals surface area contributed by atoms with E-state index in [1.54, 1.807) is 7.11 Å². The van der Waals surface area contributed by atoms with E-state index in [9.17, 15) is 5.11 Å². The summed E-state index contributed by atoms with van der Waals surface area (Å²) in [7, 11) is 1.67. The lowest BCUT2D eigenvalue weighted by Crippen LogP contribution is -2.36. The zero-order valence-electron chi connectivity index (χ0n) is 12.5. The molecule has 1 fully saturated rings. The van der Waals surface area contributed by atoms with Gasteiger partial charge in [0.05, 0.1) is 7.11 Å². The van der Waals surface area contributed by atoms with Crippen LogP contribution < -0.4 is 4.74 Å². The number of rotatable bonds is 4. The Hall–Kier alpha value is -1.54. The van der Waals surface area contributed by atoms with Crippen LogP contribution in [0.4, 0.5) is 0 Å². The lowest BCUT2D eigenvalue weighted by atomic mass is 9.98. The van der Waals surface area contributed by atoms with Crippen molar-refractivity contribution >= 4 is 0 Å². The summed E-state index contributed by atoms with van der Waals surface area (Å²) in [4.78, 5) is 2.35. The van der Waals surface area contributed by atoms with Gasteiger partial charge in [-0.15, -0.1) is 0 Å². The van der Waals surface area contributed by atoms with Crippen LogP contribution in [0.25, 0.3) is 0 Å². The molecule has 1 unspecified atom stereocenters. The number of hydrogen-bond acceptors (Lipinski definition) is 4. The van der Waals surface area contributed by atoms with Crippen molar-refractivity contribution in [3.63, 3.8) is 0 Å². The Morgan fingerprint density at radius 1 is 1.38 bits per heavy atom. The van der Waals surface area contributed by atoms with E-state index in [-0.39, 0.29) is 13.2 Å². The normalized spacial score (nSPS) is 18.9. The Bertz CT molecular complexity index is 519. The van der Waals surface area contributed by atoms with Gasteiger partial charge in [0.15, 0.2) is 0 Å². The molecule has 0 bridgehead atoms. The number of ether oxygens (including phenoxy) is 1. The van der Waals surface area contributed by atoms with Gasteiger partial charge in [0, 0.05) is 30.8 Å². The van der Waals surface area contributed by atoms with Crippen molar-refractivity contribution in [3.8, 4) is 17.6 Å². The summed E-state index contributed by atoms with van der Waals surface area (Å²) in [5, 5.41) is 18.1. The molecule has 2 rings (SSSR count). The molecule has 1 atom stereocenters. The maximum absolute atomic E-state index is 9.32. The largest absolute Gasteiger partial charge is 0.496 e. The summed E-state index contributed by atoms with van der Waals surface area (Å²) in [5.74, 6) is 6.83. The molecule has 1 aromatic carbocycles. The molecule has 0 amide bonds. The molecule has 1 aromatic rings. The summed E-state index contributed by atoms with van der Waals surface area (Å²) in [6, 6.07) is 5.84. The van der Waals surface area contributed by atoms with E-state index in [1.165, 1.54) is 0 Å². The monoisotopic (exact) mass is 289 g/mol. The predicted octanol–water partition coefficient (Wildman–Crippen LogP) is 1.24. The first kappa shape index (κ1) is 15.8. The number of hydrogen-bond donors (Lipinski definition) is 2. The molecule has 21 heavy (non-hydrogen) atoms. The van der Waals surface area contributed by atoms with E-state index < -0.39 is 0 Å². The molecule has 0 spiro atoms. The van der Waals surface area contributed by atoms with Crippen molar-refractivity contribution < 1.29 is 14.9 Å². The number of likely N-dealkylation sites (tertiary alicyclic amines) is 1. The average molecular weight is 289 g/mol. The Morgan fingerprint density at radius 3 is 2.95 bits per heavy atom. The fraction of sp³-hybridized carbons (Fsp3) is 0.529. The fourth-order valence-corrected chi connectivity index (χ4v) is 2.81. The summed E-state index contributed by atoms with van der Waals surface area (Å²) >= 11 is 0. The average Bonchev–Trinajstić information content (AvgIpc) is 2.53. The highest BCUT2D eigenvalue weighted by molar-refractivity contribution is 5.44. The van der Waals surface area contributed by atoms with Gasteiger partial charge >= 0.3 is 0 Å². The molecule has 1 saturated heterocycles. The third-order valence-electron chi connectivity index (χ3n) is 3.85. The highest BCUT2D eigenvalue weighted by atomic mass is 16.5. The first-order chi connectivity index (χ1) is 10.3. The lowest BCUT2D eigenvalue weighted by Gasteiger charge is -2.32. The molecular weight excluding hydrogens is 266 g/mol. The topological polar surface area (TPSA) is 52.9 Å². The Balaban J connectivity index is 2.13. The second-order valence-corrected chi connectivity index (χ2v) is 5.41. The van der Waals surface area contributed by atoms with Gasteiger partial charge in [-0.25, -0.2) is 0 Å². The first-order valence-electron chi connectivity index (χ1n) is 7.36. The second kappa shape index (κ2) is 8.04. The minimum Gasteiger partial charge on any atom is -0.496 e. The zero-order valence-corrected chi connectivity index (χ0v) is 12.5. The molecule has 2 N–H and O–H groups in total. The molecule has 0 aromatic heterocycles. The van der Waals surface area contributed by atoms with Crippen molar-refractivity contribution in [2.24, 2.45) is 5.92 Å². The SMILES string of the molecule is COc1ccc(C#CCO)cc1CN1CCCC(CO)C1. The van der Waals surface area contributed by atoms with Crippen LogP contribution >= 0.6 is 0 Å². The Kier molecular flexibility index (Phi) is 6.06. The minimum atomic E-state index is -0.133. The van der Waals surface area contributed by atoms with Gasteiger partial charge in [-0.2, -0.15) is 0 Å². The number of nitrogens with zero attached hydrogens (tertiary/aromatic N) is 1. The summed E-state index contributed by atoms with van der Waals surface area (Å²) < 4.78 is 5.43. The fourth-order valence-electron chi connectivity index (χ4n) is 2.81. The summed E-state index contributed by atoms with van der Waals surface area (Å²) in [5.41, 5.74) is 1.98. The Labute approximate surface area is 126 Å². The molecule has 1 heterocycles. The maximum Gasteiger partial charge on any atom is 0.123 e. The molecule has 114 valence electrons. The van der Waals surface area contributed by atoms with Crippen molar-refractivity contribution in [2.75, 3.05) is 33.4 Å². The number of methoxy groups -OCH3 is 1. The highest BCUT2D eigenvalue weighted by Gasteiger charge is 2.20. The van der Waals surface area contributed by atoms with Crippen LogP contribution in [0.1, 0.15) is 24.0 Å². The molecule has 1 aliphatic rings. The molecule has 0 radical (unpaired) electrons. The van der Waals surface area contributed by atoms with Gasteiger partial charge in [0.25, 0.3) is 0 Å². The van der Waals surface area contributed by atoms with Gasteiger partial charge < -0.3 is 14.9 Å². The van der Waals surface area contributed by atoms with Crippen LogP contribution in [0.3, 0.4) is 0 Å². The zero-order chi connectivity index (χ0) is 15.1. The van der Waals surface area contributed by atoms with E-state index in [2.05, 4.69) is 16.7 Å². The smallest absolute Gasteiger partial charge is 0.123 e. The van der Waals surface area contributed by atoms with Crippen LogP contribution in [0.5, 0.6) is 5.75 Å². The molecule has 0 aliphatic carbocycles. The Morgan fingerprint density at radius 2 is 2.24 bits per heavy atom. The third kappa shape index (κ3) is 4.47. The number of benzene rings is 1. The van der Waals surface area contributed by atoms with Crippen LogP contribution in [0.2, 0.25) is 0 Å². The van der Waals surface area contributed by atoms with Crippen LogP contribution in [0, 0.1) is 17.8 Å². The molecule has 4 nitrogen and oxygen atoms in total. The van der Waals surface area contributed by atoms with Crippen molar-refractivity contribution in [1.82, 2.24) is 4.90 Å². The predicted molar refractivity (Wildman–Crippen MR) is 82.0 cm³/mol. The number of piperidine rings is 1. The first-order valence-corrected chi connectivity index (χ1v) is 7.36. The molecular formula is C17H23NO3. The van der Waals surface area contributed by atoms with E-state index in [0.717, 1.165) is 49.4 Å². The van der Waals surface area contributed by atoms with Crippen molar-refractivity contribution in [2.45, 2.75) is 19.4 Å². The number of aliphatic hydroxyl groups is 2. The second-order valence-electron chi connectivity index (χ2n) is 5.41. The van der Waals surface area contributed by atoms with Gasteiger partial charge in [-0.3, -0.25) is 4.90 Å². The lowest BCUT2D eigenvalue weighted by molar-refractivity contribution is 0.115. The minimum absolute atomic E-state index is 0.133. The van der Waals surface area contributed by atoms with Crippen molar-refractivity contribution in [3.05, 3.63) is 29.3 Å². The van der Waals surface area contributed by atoms with Crippen LogP contribution in [-0.4, -0.2) is 48.5 Å². The molecule has 0 saturated carbocycles. The van der Waals surface area contributed by atoms with E-state index in [4.69, 9.17) is 9.84 Å². The van der Waals surface area contributed by atoms with Gasteiger partial charge in [-0.05, 0) is 43.5 Å². The van der Waals surface area contributed by atoms with Crippen molar-refractivity contribution in [1.29, 1.82) is 0 Å². The van der Waals surface area contributed by atoms with Crippen LogP contribution in [0.15, 0.2) is 18.2 Å². The summed E-state index contributed by atoms with van der Waals surface area (Å²) in [6.07, 6.45) is 2.23. The standard InChI is InChI=1S/C17H23NO3/c1-21-17-7-6-14(5-3-9-19)10-16(17)12-18-8-2-4-15(11-18)13-20/h6-7,10,15,19-20H,2,4,8-9,11-13H2,1H3. The van der Waals surface area contributed by atoms with E-state index >= 15 is 0 Å². The van der Waals surface area contributed by atoms with Crippen LogP contribution in [-0.2, 0) is 6.54 Å². The van der Waals surface area contributed by atoms with Gasteiger partial charge in [0.1, 0.15) is 12.4 Å². The number of aliphatic hydroxyl groups excluding tert-OH is 2. The van der Waals surface area contributed by atoms with Gasteiger partial charge in [0.2, 0.25) is 0 Å². The van der Waals surface area contributed by atoms with E-state index in [1.807, 2.05) is 18.2 Å². The van der Waals surface area contributed by atoms with Gasteiger partial charge in [-0.1, -0.05) is 11.8 Å². The molecule has 4 heteroatoms. The quantitative estimate of drug-likeness (QED) is 0.819. The highest BCUT2D eigenvalue weighted by Crippen LogP contribution is 2.24. The third-order valence-corrected chi connectivity index (χ3v) is 3.85. The molecule has 1 aliphatic heterocycles. The summed E-state index contributed by atoms with van der Waals surface area (Å²) in [6.45, 7) is 2.90.